The van der Waals surface area contributed by atoms with Crippen molar-refractivity contribution in [2.24, 2.45) is 0 Å². The first kappa shape index (κ1) is 11.3. The smallest absolute Gasteiger partial charge is 0.431 e. The molecule has 1 aromatic rings. The third-order valence-electron chi connectivity index (χ3n) is 1.65. The zero-order valence-electron chi connectivity index (χ0n) is 8.90. The Kier molecular flexibility index (Phi) is 3.92. The van der Waals surface area contributed by atoms with Gasteiger partial charge < -0.3 is 9.47 Å². The summed E-state index contributed by atoms with van der Waals surface area (Å²) in [5.74, 6) is 0.464. The van der Waals surface area contributed by atoms with Crippen molar-refractivity contribution in [1.29, 1.82) is 0 Å². The molecule has 0 spiro atoms. The normalized spacial score (nSPS) is 9.80. The van der Waals surface area contributed by atoms with E-state index in [2.05, 4.69) is 6.58 Å². The van der Waals surface area contributed by atoms with Gasteiger partial charge in [0.2, 0.25) is 0 Å². The maximum atomic E-state index is 11.1. The number of ether oxygens (including phenoxy) is 2. The monoisotopic (exact) mass is 206 g/mol. The van der Waals surface area contributed by atoms with E-state index in [1.807, 2.05) is 12.1 Å². The Hall–Kier alpha value is -1.77. The van der Waals surface area contributed by atoms with Crippen molar-refractivity contribution < 1.29 is 14.3 Å². The molecular weight excluding hydrogens is 192 g/mol. The van der Waals surface area contributed by atoms with Crippen LogP contribution in [0, 0.1) is 0 Å². The summed E-state index contributed by atoms with van der Waals surface area (Å²) in [7, 11) is 0. The van der Waals surface area contributed by atoms with Crippen LogP contribution in [-0.2, 0) is 4.74 Å². The van der Waals surface area contributed by atoms with Crippen LogP contribution in [0.1, 0.15) is 19.4 Å². The molecule has 0 aromatic heterocycles. The Morgan fingerprint density at radius 3 is 2.40 bits per heavy atom. The van der Waals surface area contributed by atoms with Crippen molar-refractivity contribution in [3.8, 4) is 5.75 Å². The van der Waals surface area contributed by atoms with Gasteiger partial charge in [-0.2, -0.15) is 0 Å². The minimum atomic E-state index is -0.684. The van der Waals surface area contributed by atoms with Crippen molar-refractivity contribution in [3.05, 3.63) is 36.4 Å². The van der Waals surface area contributed by atoms with Crippen LogP contribution in [0.3, 0.4) is 0 Å². The Morgan fingerprint density at radius 1 is 1.33 bits per heavy atom. The third kappa shape index (κ3) is 3.85. The molecule has 1 rings (SSSR count). The van der Waals surface area contributed by atoms with E-state index >= 15 is 0 Å². The predicted octanol–water partition coefficient (Wildman–Crippen LogP) is 3.25. The van der Waals surface area contributed by atoms with Crippen LogP contribution in [0.4, 0.5) is 4.79 Å². The highest BCUT2D eigenvalue weighted by atomic mass is 16.7. The van der Waals surface area contributed by atoms with E-state index in [1.165, 1.54) is 0 Å². The number of carbonyl (C=O) groups excluding carboxylic acids is 1. The highest BCUT2D eigenvalue weighted by molar-refractivity contribution is 5.64. The first-order chi connectivity index (χ1) is 7.11. The number of rotatable bonds is 3. The van der Waals surface area contributed by atoms with Gasteiger partial charge in [0.25, 0.3) is 0 Å². The topological polar surface area (TPSA) is 35.5 Å². The molecule has 0 N–H and O–H groups in total. The number of hydrogen-bond donors (Lipinski definition) is 0. The second-order valence-electron chi connectivity index (χ2n) is 3.29. The fourth-order valence-corrected chi connectivity index (χ4v) is 0.985. The van der Waals surface area contributed by atoms with Gasteiger partial charge in [0.1, 0.15) is 5.75 Å². The molecular formula is C12H14O3. The van der Waals surface area contributed by atoms with Gasteiger partial charge in [-0.05, 0) is 31.5 Å². The highest BCUT2D eigenvalue weighted by Crippen LogP contribution is 2.13. The van der Waals surface area contributed by atoms with E-state index in [9.17, 15) is 4.79 Å². The van der Waals surface area contributed by atoms with E-state index in [1.54, 1.807) is 32.1 Å². The van der Waals surface area contributed by atoms with Crippen LogP contribution in [0.25, 0.3) is 6.08 Å². The molecule has 15 heavy (non-hydrogen) atoms. The maximum Gasteiger partial charge on any atom is 0.514 e. The molecule has 0 aliphatic heterocycles. The summed E-state index contributed by atoms with van der Waals surface area (Å²) >= 11 is 0. The fourth-order valence-electron chi connectivity index (χ4n) is 0.985. The molecule has 0 aliphatic carbocycles. The van der Waals surface area contributed by atoms with Gasteiger partial charge in [0.05, 0.1) is 6.10 Å². The molecule has 0 bridgehead atoms. The van der Waals surface area contributed by atoms with Crippen LogP contribution in [-0.4, -0.2) is 12.3 Å². The second-order valence-corrected chi connectivity index (χ2v) is 3.29. The molecule has 1 aromatic carbocycles. The Bertz CT molecular complexity index is 338. The highest BCUT2D eigenvalue weighted by Gasteiger charge is 2.07. The average molecular weight is 206 g/mol. The van der Waals surface area contributed by atoms with Gasteiger partial charge in [0, 0.05) is 0 Å². The summed E-state index contributed by atoms with van der Waals surface area (Å²) in [5, 5.41) is 0. The minimum Gasteiger partial charge on any atom is -0.431 e. The molecule has 0 aliphatic rings. The SMILES string of the molecule is C=Cc1ccc(OC(=O)OC(C)C)cc1. The Labute approximate surface area is 89.3 Å². The van der Waals surface area contributed by atoms with Crippen molar-refractivity contribution in [3.63, 3.8) is 0 Å². The molecule has 0 radical (unpaired) electrons. The molecule has 0 unspecified atom stereocenters. The standard InChI is InChI=1S/C12H14O3/c1-4-10-5-7-11(8-6-10)15-12(13)14-9(2)3/h4-9H,1H2,2-3H3. The zero-order chi connectivity index (χ0) is 11.3. The van der Waals surface area contributed by atoms with Crippen molar-refractivity contribution in [2.45, 2.75) is 20.0 Å². The lowest BCUT2D eigenvalue weighted by Gasteiger charge is -2.08. The predicted molar refractivity (Wildman–Crippen MR) is 58.8 cm³/mol. The molecule has 0 fully saturated rings. The molecule has 0 saturated heterocycles. The van der Waals surface area contributed by atoms with E-state index in [4.69, 9.17) is 9.47 Å². The van der Waals surface area contributed by atoms with Gasteiger partial charge in [0.15, 0.2) is 0 Å². The minimum absolute atomic E-state index is 0.176. The van der Waals surface area contributed by atoms with Crippen LogP contribution >= 0.6 is 0 Å². The summed E-state index contributed by atoms with van der Waals surface area (Å²) in [6.45, 7) is 7.16. The molecule has 0 heterocycles. The van der Waals surface area contributed by atoms with Gasteiger partial charge in [-0.25, -0.2) is 4.79 Å². The van der Waals surface area contributed by atoms with Crippen LogP contribution < -0.4 is 4.74 Å². The summed E-state index contributed by atoms with van der Waals surface area (Å²) in [6, 6.07) is 7.01. The quantitative estimate of drug-likeness (QED) is 0.562. The van der Waals surface area contributed by atoms with Crippen molar-refractivity contribution in [1.82, 2.24) is 0 Å². The lowest BCUT2D eigenvalue weighted by molar-refractivity contribution is 0.0729. The van der Waals surface area contributed by atoms with Gasteiger partial charge in [-0.1, -0.05) is 24.8 Å². The van der Waals surface area contributed by atoms with E-state index in [-0.39, 0.29) is 6.10 Å². The van der Waals surface area contributed by atoms with Gasteiger partial charge in [-0.3, -0.25) is 0 Å². The number of benzene rings is 1. The summed E-state index contributed by atoms with van der Waals surface area (Å²) in [5.41, 5.74) is 0.972. The summed E-state index contributed by atoms with van der Waals surface area (Å²) in [6.07, 6.45) is 0.859. The molecule has 0 saturated carbocycles. The Morgan fingerprint density at radius 2 is 1.93 bits per heavy atom. The van der Waals surface area contributed by atoms with E-state index in [0.717, 1.165) is 5.56 Å². The molecule has 3 heteroatoms. The summed E-state index contributed by atoms with van der Waals surface area (Å²) in [4.78, 5) is 11.1. The third-order valence-corrected chi connectivity index (χ3v) is 1.65. The number of carbonyl (C=O) groups is 1. The largest absolute Gasteiger partial charge is 0.514 e. The fraction of sp³-hybridized carbons (Fsp3) is 0.250. The zero-order valence-corrected chi connectivity index (χ0v) is 8.90. The van der Waals surface area contributed by atoms with Crippen molar-refractivity contribution >= 4 is 12.2 Å². The first-order valence-electron chi connectivity index (χ1n) is 4.73. The van der Waals surface area contributed by atoms with Crippen molar-refractivity contribution in [2.75, 3.05) is 0 Å². The molecule has 0 atom stereocenters. The Balaban J connectivity index is 2.57. The second kappa shape index (κ2) is 5.20. The summed E-state index contributed by atoms with van der Waals surface area (Å²) < 4.78 is 9.76. The lowest BCUT2D eigenvalue weighted by Crippen LogP contribution is -2.15. The maximum absolute atomic E-state index is 11.1. The van der Waals surface area contributed by atoms with Crippen LogP contribution in [0.15, 0.2) is 30.8 Å². The number of hydrogen-bond acceptors (Lipinski definition) is 3. The van der Waals surface area contributed by atoms with E-state index in [0.29, 0.717) is 5.75 Å². The van der Waals surface area contributed by atoms with E-state index < -0.39 is 6.16 Å². The molecule has 0 amide bonds. The average Bonchev–Trinajstić information content (AvgIpc) is 2.17. The lowest BCUT2D eigenvalue weighted by atomic mass is 10.2. The van der Waals surface area contributed by atoms with Gasteiger partial charge in [-0.15, -0.1) is 0 Å². The van der Waals surface area contributed by atoms with Crippen LogP contribution in [0.2, 0.25) is 0 Å². The molecule has 80 valence electrons. The first-order valence-corrected chi connectivity index (χ1v) is 4.73. The van der Waals surface area contributed by atoms with Gasteiger partial charge >= 0.3 is 6.16 Å². The van der Waals surface area contributed by atoms with Crippen LogP contribution in [0.5, 0.6) is 5.75 Å². The molecule has 3 nitrogen and oxygen atoms in total.